The van der Waals surface area contributed by atoms with Gasteiger partial charge in [-0.1, -0.05) is 48.2 Å². The molecule has 0 nitrogen and oxygen atoms in total. The van der Waals surface area contributed by atoms with Crippen LogP contribution in [-0.4, -0.2) is 0 Å². The molecule has 0 unspecified atom stereocenters. The molecule has 1 aromatic rings. The van der Waals surface area contributed by atoms with Crippen LogP contribution in [0.25, 0.3) is 0 Å². The highest BCUT2D eigenvalue weighted by Crippen LogP contribution is 2.49. The monoisotopic (exact) mass is 292 g/mol. The second-order valence-corrected chi connectivity index (χ2v) is 7.05. The summed E-state index contributed by atoms with van der Waals surface area (Å²) in [7, 11) is 0. The van der Waals surface area contributed by atoms with Gasteiger partial charge in [0.15, 0.2) is 0 Å². The van der Waals surface area contributed by atoms with Gasteiger partial charge in [0.25, 0.3) is 0 Å². The van der Waals surface area contributed by atoms with E-state index in [1.807, 2.05) is 0 Å². The molecule has 2 aliphatic carbocycles. The van der Waals surface area contributed by atoms with E-state index < -0.39 is 0 Å². The Labute approximate surface area is 113 Å². The van der Waals surface area contributed by atoms with E-state index in [9.17, 15) is 0 Å². The minimum absolute atomic E-state index is 0.627. The normalized spacial score (nSPS) is 31.8. The van der Waals surface area contributed by atoms with Crippen molar-refractivity contribution in [3.05, 3.63) is 33.8 Å². The SMILES string of the molecule is CC[C@H]1CCC[C@@]2(Cc3ccc(Br)cc3C2)C1. The zero-order chi connectivity index (χ0) is 11.9. The predicted molar refractivity (Wildman–Crippen MR) is 76.2 cm³/mol. The summed E-state index contributed by atoms with van der Waals surface area (Å²) in [5, 5.41) is 0. The van der Waals surface area contributed by atoms with Crippen molar-refractivity contribution in [3.8, 4) is 0 Å². The van der Waals surface area contributed by atoms with Gasteiger partial charge in [0, 0.05) is 4.47 Å². The lowest BCUT2D eigenvalue weighted by molar-refractivity contribution is 0.146. The smallest absolute Gasteiger partial charge is 0.0178 e. The third kappa shape index (κ3) is 2.19. The molecule has 0 aliphatic heterocycles. The van der Waals surface area contributed by atoms with Crippen LogP contribution in [0.4, 0.5) is 0 Å². The maximum atomic E-state index is 3.60. The highest BCUT2D eigenvalue weighted by molar-refractivity contribution is 9.10. The average Bonchev–Trinajstić information content (AvgIpc) is 2.65. The van der Waals surface area contributed by atoms with Crippen LogP contribution >= 0.6 is 15.9 Å². The van der Waals surface area contributed by atoms with E-state index in [0.29, 0.717) is 5.41 Å². The van der Waals surface area contributed by atoms with E-state index >= 15 is 0 Å². The Balaban J connectivity index is 1.84. The van der Waals surface area contributed by atoms with Crippen molar-refractivity contribution in [2.75, 3.05) is 0 Å². The summed E-state index contributed by atoms with van der Waals surface area (Å²) in [4.78, 5) is 0. The number of fused-ring (bicyclic) bond motifs is 1. The van der Waals surface area contributed by atoms with Gasteiger partial charge in [-0.05, 0) is 60.3 Å². The number of rotatable bonds is 1. The lowest BCUT2D eigenvalue weighted by Crippen LogP contribution is -2.29. The second-order valence-electron chi connectivity index (χ2n) is 6.14. The van der Waals surface area contributed by atoms with Crippen LogP contribution in [0.15, 0.2) is 22.7 Å². The second kappa shape index (κ2) is 4.42. The number of halogens is 1. The van der Waals surface area contributed by atoms with Crippen LogP contribution in [0.1, 0.15) is 50.2 Å². The molecule has 2 atom stereocenters. The van der Waals surface area contributed by atoms with E-state index in [0.717, 1.165) is 5.92 Å². The first-order chi connectivity index (χ1) is 8.21. The molecular weight excluding hydrogens is 272 g/mol. The van der Waals surface area contributed by atoms with Gasteiger partial charge >= 0.3 is 0 Å². The summed E-state index contributed by atoms with van der Waals surface area (Å²) in [6, 6.07) is 6.89. The summed E-state index contributed by atoms with van der Waals surface area (Å²) >= 11 is 3.60. The summed E-state index contributed by atoms with van der Waals surface area (Å²) < 4.78 is 1.25. The van der Waals surface area contributed by atoms with Crippen molar-refractivity contribution in [2.24, 2.45) is 11.3 Å². The minimum Gasteiger partial charge on any atom is -0.0651 e. The van der Waals surface area contributed by atoms with Gasteiger partial charge in [0.05, 0.1) is 0 Å². The van der Waals surface area contributed by atoms with Gasteiger partial charge in [-0.15, -0.1) is 0 Å². The first-order valence-electron chi connectivity index (χ1n) is 6.98. The Bertz CT molecular complexity index is 424. The fourth-order valence-corrected chi connectivity index (χ4v) is 4.46. The molecule has 0 amide bonds. The summed E-state index contributed by atoms with van der Waals surface area (Å²) in [5.41, 5.74) is 3.85. The number of hydrogen-bond acceptors (Lipinski definition) is 0. The molecule has 0 heterocycles. The van der Waals surface area contributed by atoms with E-state index in [1.165, 1.54) is 49.4 Å². The average molecular weight is 293 g/mol. The molecule has 1 spiro atoms. The Hall–Kier alpha value is -0.300. The third-order valence-electron chi connectivity index (χ3n) is 4.92. The summed E-state index contributed by atoms with van der Waals surface area (Å²) in [6.45, 7) is 2.36. The van der Waals surface area contributed by atoms with Crippen molar-refractivity contribution in [1.29, 1.82) is 0 Å². The molecule has 0 bridgehead atoms. The number of benzene rings is 1. The molecule has 92 valence electrons. The first-order valence-corrected chi connectivity index (χ1v) is 7.77. The standard InChI is InChI=1S/C16H21Br/c1-2-12-4-3-7-16(9-12)10-13-5-6-15(17)8-14(13)11-16/h5-6,8,12H,2-4,7,9-11H2,1H3/t12-,16-/m0/s1. The zero-order valence-corrected chi connectivity index (χ0v) is 12.2. The van der Waals surface area contributed by atoms with Crippen molar-refractivity contribution in [2.45, 2.75) is 51.9 Å². The maximum absolute atomic E-state index is 3.60. The van der Waals surface area contributed by atoms with Crippen molar-refractivity contribution in [3.63, 3.8) is 0 Å². The molecule has 2 aliphatic rings. The molecular formula is C16H21Br. The van der Waals surface area contributed by atoms with Crippen LogP contribution in [0.5, 0.6) is 0 Å². The fraction of sp³-hybridized carbons (Fsp3) is 0.625. The molecule has 0 aromatic heterocycles. The van der Waals surface area contributed by atoms with Gasteiger partial charge in [-0.3, -0.25) is 0 Å². The summed E-state index contributed by atoms with van der Waals surface area (Å²) in [5.74, 6) is 0.988. The van der Waals surface area contributed by atoms with Crippen LogP contribution in [0.2, 0.25) is 0 Å². The fourth-order valence-electron chi connectivity index (χ4n) is 4.05. The lowest BCUT2D eigenvalue weighted by Gasteiger charge is -2.38. The van der Waals surface area contributed by atoms with Gasteiger partial charge in [0.1, 0.15) is 0 Å². The molecule has 3 rings (SSSR count). The molecule has 1 heteroatoms. The highest BCUT2D eigenvalue weighted by Gasteiger charge is 2.40. The molecule has 1 fully saturated rings. The van der Waals surface area contributed by atoms with Crippen molar-refractivity contribution >= 4 is 15.9 Å². The minimum atomic E-state index is 0.627. The van der Waals surface area contributed by atoms with Crippen LogP contribution < -0.4 is 0 Å². The van der Waals surface area contributed by atoms with Crippen LogP contribution in [0.3, 0.4) is 0 Å². The Morgan fingerprint density at radius 3 is 2.94 bits per heavy atom. The number of hydrogen-bond donors (Lipinski definition) is 0. The third-order valence-corrected chi connectivity index (χ3v) is 5.41. The Morgan fingerprint density at radius 1 is 1.29 bits per heavy atom. The lowest BCUT2D eigenvalue weighted by atomic mass is 9.67. The molecule has 1 aromatic carbocycles. The van der Waals surface area contributed by atoms with Gasteiger partial charge in [-0.2, -0.15) is 0 Å². The van der Waals surface area contributed by atoms with Crippen LogP contribution in [-0.2, 0) is 12.8 Å². The van der Waals surface area contributed by atoms with Crippen molar-refractivity contribution in [1.82, 2.24) is 0 Å². The van der Waals surface area contributed by atoms with Gasteiger partial charge in [-0.25, -0.2) is 0 Å². The Morgan fingerprint density at radius 2 is 2.12 bits per heavy atom. The molecule has 1 saturated carbocycles. The van der Waals surface area contributed by atoms with E-state index in [1.54, 1.807) is 11.1 Å². The quantitative estimate of drug-likeness (QED) is 0.673. The van der Waals surface area contributed by atoms with Gasteiger partial charge in [0.2, 0.25) is 0 Å². The molecule has 17 heavy (non-hydrogen) atoms. The first kappa shape index (κ1) is 11.8. The van der Waals surface area contributed by atoms with Crippen LogP contribution in [0, 0.1) is 11.3 Å². The highest BCUT2D eigenvalue weighted by atomic mass is 79.9. The summed E-state index contributed by atoms with van der Waals surface area (Å²) in [6.07, 6.45) is 9.89. The van der Waals surface area contributed by atoms with Crippen molar-refractivity contribution < 1.29 is 0 Å². The largest absolute Gasteiger partial charge is 0.0651 e. The maximum Gasteiger partial charge on any atom is 0.0178 e. The Kier molecular flexibility index (Phi) is 3.06. The predicted octanol–water partition coefficient (Wildman–Crippen LogP) is 5.13. The molecule has 0 N–H and O–H groups in total. The van der Waals surface area contributed by atoms with E-state index in [-0.39, 0.29) is 0 Å². The zero-order valence-electron chi connectivity index (χ0n) is 10.6. The molecule has 0 radical (unpaired) electrons. The molecule has 0 saturated heterocycles. The topological polar surface area (TPSA) is 0 Å². The van der Waals surface area contributed by atoms with E-state index in [4.69, 9.17) is 0 Å². The van der Waals surface area contributed by atoms with Gasteiger partial charge < -0.3 is 0 Å². The van der Waals surface area contributed by atoms with E-state index in [2.05, 4.69) is 41.1 Å².